The molecule has 0 saturated carbocycles. The number of para-hydroxylation sites is 1. The number of rotatable bonds is 6. The molecular weight excluding hydrogens is 411 g/mol. The van der Waals surface area contributed by atoms with Gasteiger partial charge in [0.2, 0.25) is 0 Å². The molecule has 2 heterocycles. The van der Waals surface area contributed by atoms with Crippen molar-refractivity contribution in [2.75, 3.05) is 10.7 Å². The summed E-state index contributed by atoms with van der Waals surface area (Å²) in [5, 5.41) is 11.8. The number of carbonyl (C=O) groups excluding carboxylic acids is 1. The van der Waals surface area contributed by atoms with Crippen molar-refractivity contribution in [2.45, 2.75) is 39.2 Å². The van der Waals surface area contributed by atoms with Crippen LogP contribution in [0.5, 0.6) is 0 Å². The zero-order chi connectivity index (χ0) is 19.3. The molecule has 0 aliphatic rings. The van der Waals surface area contributed by atoms with Crippen LogP contribution in [0.25, 0.3) is 0 Å². The van der Waals surface area contributed by atoms with E-state index in [1.807, 2.05) is 51.1 Å². The van der Waals surface area contributed by atoms with Crippen molar-refractivity contribution in [2.24, 2.45) is 0 Å². The van der Waals surface area contributed by atoms with Gasteiger partial charge in [-0.2, -0.15) is 0 Å². The van der Waals surface area contributed by atoms with Gasteiger partial charge in [-0.25, -0.2) is 0 Å². The number of aryl methyl sites for hydroxylation is 2. The molecule has 0 spiro atoms. The number of benzene rings is 1. The van der Waals surface area contributed by atoms with Gasteiger partial charge in [-0.3, -0.25) is 0 Å². The van der Waals surface area contributed by atoms with Crippen molar-refractivity contribution in [3.63, 3.8) is 0 Å². The Morgan fingerprint density at radius 2 is 1.96 bits per heavy atom. The molecule has 0 bridgehead atoms. The summed E-state index contributed by atoms with van der Waals surface area (Å²) in [5.74, 6) is 0.740. The van der Waals surface area contributed by atoms with Gasteiger partial charge >= 0.3 is 163 Å². The van der Waals surface area contributed by atoms with E-state index in [0.717, 1.165) is 27.2 Å². The Kier molecular flexibility index (Phi) is 5.93. The monoisotopic (exact) mass is 434 g/mol. The quantitative estimate of drug-likeness (QED) is 0.581. The maximum absolute atomic E-state index is 11.9. The molecule has 2 aromatic heterocycles. The van der Waals surface area contributed by atoms with E-state index in [9.17, 15) is 4.79 Å². The second kappa shape index (κ2) is 8.37. The molecule has 9 heteroatoms. The molecular formula is C18H22N6O2Se. The van der Waals surface area contributed by atoms with Crippen molar-refractivity contribution >= 4 is 31.0 Å². The van der Waals surface area contributed by atoms with Crippen molar-refractivity contribution in [3.8, 4) is 0 Å². The molecule has 1 aromatic carbocycles. The molecule has 0 atom stereocenters. The number of aromatic nitrogens is 4. The fraction of sp³-hybridized carbons (Fsp3) is 0.333. The number of nitrogens with zero attached hydrogens (tertiary/aromatic N) is 4. The van der Waals surface area contributed by atoms with E-state index in [1.54, 1.807) is 17.1 Å². The predicted molar refractivity (Wildman–Crippen MR) is 104 cm³/mol. The zero-order valence-electron chi connectivity index (χ0n) is 15.5. The zero-order valence-corrected chi connectivity index (χ0v) is 17.2. The van der Waals surface area contributed by atoms with Gasteiger partial charge in [0, 0.05) is 0 Å². The molecule has 142 valence electrons. The summed E-state index contributed by atoms with van der Waals surface area (Å²) >= 11 is 0.0614. The first-order valence-corrected chi connectivity index (χ1v) is 10.3. The number of nitrogens with one attached hydrogen (secondary N) is 2. The number of amides is 1. The fourth-order valence-corrected chi connectivity index (χ4v) is 3.88. The third-order valence-electron chi connectivity index (χ3n) is 3.38. The SMILES string of the molecule is CC(C)(C)OC(=O)Nn1ccnc1CCc1nnc(Nc2ccccc2)[se]1. The van der Waals surface area contributed by atoms with E-state index in [0.29, 0.717) is 6.42 Å². The molecule has 27 heavy (non-hydrogen) atoms. The average molecular weight is 433 g/mol. The summed E-state index contributed by atoms with van der Waals surface area (Å²) in [5.41, 5.74) is 3.14. The van der Waals surface area contributed by atoms with Crippen LogP contribution in [0.4, 0.5) is 15.2 Å². The van der Waals surface area contributed by atoms with E-state index in [2.05, 4.69) is 25.9 Å². The van der Waals surface area contributed by atoms with Crippen LogP contribution in [0, 0.1) is 0 Å². The van der Waals surface area contributed by atoms with Crippen LogP contribution in [-0.2, 0) is 17.6 Å². The number of ether oxygens (including phenoxy) is 1. The van der Waals surface area contributed by atoms with E-state index in [4.69, 9.17) is 4.74 Å². The molecule has 0 saturated heterocycles. The molecule has 3 aromatic rings. The van der Waals surface area contributed by atoms with Crippen LogP contribution in [0.1, 0.15) is 31.2 Å². The van der Waals surface area contributed by atoms with Gasteiger partial charge in [0.05, 0.1) is 0 Å². The second-order valence-electron chi connectivity index (χ2n) is 6.82. The van der Waals surface area contributed by atoms with Gasteiger partial charge in [0.15, 0.2) is 0 Å². The van der Waals surface area contributed by atoms with E-state index >= 15 is 0 Å². The number of anilines is 2. The van der Waals surface area contributed by atoms with Crippen LogP contribution in [0.15, 0.2) is 42.7 Å². The Hall–Kier alpha value is -2.64. The molecule has 0 unspecified atom stereocenters. The van der Waals surface area contributed by atoms with Gasteiger partial charge in [-0.1, -0.05) is 0 Å². The minimum atomic E-state index is -0.550. The first-order valence-electron chi connectivity index (χ1n) is 8.56. The van der Waals surface area contributed by atoms with Gasteiger partial charge < -0.3 is 0 Å². The van der Waals surface area contributed by atoms with Crippen molar-refractivity contribution in [1.29, 1.82) is 0 Å². The van der Waals surface area contributed by atoms with Crippen molar-refractivity contribution < 1.29 is 9.53 Å². The summed E-state index contributed by atoms with van der Waals surface area (Å²) < 4.78 is 8.78. The van der Waals surface area contributed by atoms with Crippen molar-refractivity contribution in [1.82, 2.24) is 19.9 Å². The molecule has 3 rings (SSSR count). The Labute approximate surface area is 163 Å². The average Bonchev–Trinajstić information content (AvgIpc) is 3.21. The molecule has 8 nitrogen and oxygen atoms in total. The van der Waals surface area contributed by atoms with Gasteiger partial charge in [-0.05, 0) is 0 Å². The van der Waals surface area contributed by atoms with E-state index in [-0.39, 0.29) is 14.5 Å². The number of imidazole rings is 1. The molecule has 0 fully saturated rings. The van der Waals surface area contributed by atoms with E-state index in [1.165, 1.54) is 0 Å². The van der Waals surface area contributed by atoms with Crippen LogP contribution >= 0.6 is 0 Å². The Bertz CT molecular complexity index is 885. The third-order valence-corrected chi connectivity index (χ3v) is 5.27. The van der Waals surface area contributed by atoms with Gasteiger partial charge in [0.25, 0.3) is 0 Å². The van der Waals surface area contributed by atoms with Gasteiger partial charge in [-0.15, -0.1) is 0 Å². The summed E-state index contributed by atoms with van der Waals surface area (Å²) in [6, 6.07) is 9.92. The van der Waals surface area contributed by atoms with E-state index < -0.39 is 11.7 Å². The molecule has 0 radical (unpaired) electrons. The first-order chi connectivity index (χ1) is 12.9. The molecule has 0 aliphatic carbocycles. The van der Waals surface area contributed by atoms with Crippen LogP contribution in [-0.4, -0.2) is 46.1 Å². The number of carbonyl (C=O) groups is 1. The first kappa shape index (κ1) is 19.1. The van der Waals surface area contributed by atoms with Crippen molar-refractivity contribution in [3.05, 3.63) is 53.1 Å². The Morgan fingerprint density at radius 1 is 1.19 bits per heavy atom. The van der Waals surface area contributed by atoms with Gasteiger partial charge in [0.1, 0.15) is 0 Å². The Morgan fingerprint density at radius 3 is 2.70 bits per heavy atom. The van der Waals surface area contributed by atoms with Crippen LogP contribution in [0.3, 0.4) is 0 Å². The standard InChI is InChI=1S/C18H22N6O2Se/c1-18(2,3)26-17(25)23-24-12-11-19-14(24)9-10-15-21-22-16(27-15)20-13-7-5-4-6-8-13/h4-8,11-12H,9-10H2,1-3H3,(H,20,22)(H,23,25). The summed E-state index contributed by atoms with van der Waals surface area (Å²) in [4.78, 5) is 16.2. The number of hydrogen-bond donors (Lipinski definition) is 2. The topological polar surface area (TPSA) is 94.0 Å². The predicted octanol–water partition coefficient (Wildman–Crippen LogP) is 2.74. The van der Waals surface area contributed by atoms with Crippen LogP contribution < -0.4 is 10.7 Å². The maximum atomic E-state index is 11.9. The summed E-state index contributed by atoms with van der Waals surface area (Å²) in [7, 11) is 0. The second-order valence-corrected chi connectivity index (χ2v) is 9.05. The minimum absolute atomic E-state index is 0.0614. The molecule has 1 amide bonds. The third kappa shape index (κ3) is 5.94. The summed E-state index contributed by atoms with van der Waals surface area (Å²) in [6.45, 7) is 5.47. The van der Waals surface area contributed by atoms with Crippen LogP contribution in [0.2, 0.25) is 0 Å². The molecule has 2 N–H and O–H groups in total. The Balaban J connectivity index is 1.55. The summed E-state index contributed by atoms with van der Waals surface area (Å²) in [6.07, 6.45) is 4.21. The number of hydrogen-bond acceptors (Lipinski definition) is 6. The fourth-order valence-electron chi connectivity index (χ4n) is 2.29. The molecule has 0 aliphatic heterocycles. The normalized spacial score (nSPS) is 11.2.